The second kappa shape index (κ2) is 5.77. The molecular formula is C12H21N3O3S. The molecule has 19 heavy (non-hydrogen) atoms. The van der Waals surface area contributed by atoms with Crippen LogP contribution in [0, 0.1) is 0 Å². The number of aliphatic hydroxyl groups is 1. The third-order valence-electron chi connectivity index (χ3n) is 2.81. The Morgan fingerprint density at radius 2 is 2.00 bits per heavy atom. The van der Waals surface area contributed by atoms with Crippen molar-refractivity contribution < 1.29 is 13.5 Å². The zero-order valence-electron chi connectivity index (χ0n) is 11.4. The molecule has 0 saturated heterocycles. The van der Waals surface area contributed by atoms with Crippen molar-refractivity contribution in [1.82, 2.24) is 4.72 Å². The lowest BCUT2D eigenvalue weighted by molar-refractivity contribution is 0.261. The summed E-state index contributed by atoms with van der Waals surface area (Å²) in [5, 5.41) is 12.2. The minimum atomic E-state index is -3.49. The van der Waals surface area contributed by atoms with Gasteiger partial charge in [-0.1, -0.05) is 0 Å². The Labute approximate surface area is 114 Å². The number of hydrogen-bond acceptors (Lipinski definition) is 5. The Morgan fingerprint density at radius 3 is 2.47 bits per heavy atom. The maximum absolute atomic E-state index is 11.6. The van der Waals surface area contributed by atoms with Gasteiger partial charge < -0.3 is 16.2 Å². The molecular weight excluding hydrogens is 266 g/mol. The number of nitrogens with two attached hydrogens (primary N) is 1. The highest BCUT2D eigenvalue weighted by Crippen LogP contribution is 2.26. The van der Waals surface area contributed by atoms with Crippen molar-refractivity contribution in [2.24, 2.45) is 0 Å². The molecule has 0 saturated carbocycles. The summed E-state index contributed by atoms with van der Waals surface area (Å²) in [7, 11) is -2.14. The van der Waals surface area contributed by atoms with Crippen LogP contribution in [0.3, 0.4) is 0 Å². The van der Waals surface area contributed by atoms with Gasteiger partial charge in [0.25, 0.3) is 0 Å². The summed E-state index contributed by atoms with van der Waals surface area (Å²) in [6.45, 7) is 3.92. The van der Waals surface area contributed by atoms with Gasteiger partial charge in [-0.3, -0.25) is 0 Å². The molecule has 0 aliphatic heterocycles. The minimum absolute atomic E-state index is 0.0616. The Balaban J connectivity index is 3.02. The number of sulfonamides is 1. The van der Waals surface area contributed by atoms with E-state index < -0.39 is 10.0 Å². The molecule has 0 fully saturated rings. The van der Waals surface area contributed by atoms with E-state index in [2.05, 4.69) is 10.0 Å². The fourth-order valence-corrected chi connectivity index (χ4v) is 2.41. The first-order valence-corrected chi connectivity index (χ1v) is 7.42. The SMILES string of the molecule is CNS(=O)(=O)c1ccc(NC(C)(C)CCO)c(N)c1. The lowest BCUT2D eigenvalue weighted by atomic mass is 10.0. The van der Waals surface area contributed by atoms with Crippen molar-refractivity contribution in [3.05, 3.63) is 18.2 Å². The topological polar surface area (TPSA) is 104 Å². The van der Waals surface area contributed by atoms with Crippen LogP contribution >= 0.6 is 0 Å². The fourth-order valence-electron chi connectivity index (χ4n) is 1.65. The number of nitrogens with one attached hydrogen (secondary N) is 2. The third-order valence-corrected chi connectivity index (χ3v) is 4.22. The molecule has 0 heterocycles. The van der Waals surface area contributed by atoms with Gasteiger partial charge in [0.2, 0.25) is 10.0 Å². The number of rotatable bonds is 6. The predicted molar refractivity (Wildman–Crippen MR) is 76.5 cm³/mol. The van der Waals surface area contributed by atoms with Crippen LogP contribution in [0.5, 0.6) is 0 Å². The van der Waals surface area contributed by atoms with Crippen LogP contribution in [0.1, 0.15) is 20.3 Å². The summed E-state index contributed by atoms with van der Waals surface area (Å²) >= 11 is 0. The van der Waals surface area contributed by atoms with Gasteiger partial charge in [0.15, 0.2) is 0 Å². The third kappa shape index (κ3) is 4.09. The van der Waals surface area contributed by atoms with Gasteiger partial charge in [-0.15, -0.1) is 0 Å². The van der Waals surface area contributed by atoms with Crippen molar-refractivity contribution in [2.75, 3.05) is 24.7 Å². The van der Waals surface area contributed by atoms with Crippen molar-refractivity contribution >= 4 is 21.4 Å². The zero-order chi connectivity index (χ0) is 14.7. The molecule has 7 heteroatoms. The van der Waals surface area contributed by atoms with E-state index in [-0.39, 0.29) is 17.0 Å². The molecule has 0 aliphatic carbocycles. The van der Waals surface area contributed by atoms with Crippen LogP contribution in [0.2, 0.25) is 0 Å². The summed E-state index contributed by atoms with van der Waals surface area (Å²) in [6, 6.07) is 4.52. The van der Waals surface area contributed by atoms with Crippen molar-refractivity contribution in [3.8, 4) is 0 Å². The molecule has 0 bridgehead atoms. The number of benzene rings is 1. The van der Waals surface area contributed by atoms with Gasteiger partial charge in [-0.05, 0) is 45.5 Å². The van der Waals surface area contributed by atoms with Crippen LogP contribution in [0.25, 0.3) is 0 Å². The molecule has 1 rings (SSSR count). The number of aliphatic hydroxyl groups excluding tert-OH is 1. The standard InChI is InChI=1S/C12H21N3O3S/c1-12(2,6-7-16)15-11-5-4-9(8-10(11)13)19(17,18)14-3/h4-5,8,14-16H,6-7,13H2,1-3H3. The molecule has 1 aromatic carbocycles. The van der Waals surface area contributed by atoms with Crippen molar-refractivity contribution in [1.29, 1.82) is 0 Å². The second-order valence-electron chi connectivity index (χ2n) is 4.94. The largest absolute Gasteiger partial charge is 0.397 e. The molecule has 6 nitrogen and oxygen atoms in total. The molecule has 5 N–H and O–H groups in total. The summed E-state index contributed by atoms with van der Waals surface area (Å²) in [5.41, 5.74) is 6.53. The van der Waals surface area contributed by atoms with E-state index in [1.807, 2.05) is 13.8 Å². The van der Waals surface area contributed by atoms with E-state index in [9.17, 15) is 8.42 Å². The van der Waals surface area contributed by atoms with Crippen LogP contribution in [0.4, 0.5) is 11.4 Å². The van der Waals surface area contributed by atoms with Crippen molar-refractivity contribution in [3.63, 3.8) is 0 Å². The van der Waals surface area contributed by atoms with E-state index in [1.54, 1.807) is 6.07 Å². The average Bonchev–Trinajstić information content (AvgIpc) is 2.31. The molecule has 0 spiro atoms. The summed E-state index contributed by atoms with van der Waals surface area (Å²) < 4.78 is 25.5. The Bertz CT molecular complexity index is 541. The highest BCUT2D eigenvalue weighted by molar-refractivity contribution is 7.89. The molecule has 0 radical (unpaired) electrons. The van der Waals surface area contributed by atoms with Gasteiger partial charge in [0, 0.05) is 12.1 Å². The Hall–Kier alpha value is -1.31. The van der Waals surface area contributed by atoms with Gasteiger partial charge in [-0.2, -0.15) is 0 Å². The first-order chi connectivity index (χ1) is 8.72. The Morgan fingerprint density at radius 1 is 1.37 bits per heavy atom. The van der Waals surface area contributed by atoms with E-state index in [4.69, 9.17) is 10.8 Å². The smallest absolute Gasteiger partial charge is 0.240 e. The number of nitrogen functional groups attached to an aromatic ring is 1. The Kier molecular flexibility index (Phi) is 4.78. The van der Waals surface area contributed by atoms with Crippen LogP contribution in [-0.4, -0.2) is 32.7 Å². The minimum Gasteiger partial charge on any atom is -0.397 e. The highest BCUT2D eigenvalue weighted by atomic mass is 32.2. The number of anilines is 2. The zero-order valence-corrected chi connectivity index (χ0v) is 12.2. The predicted octanol–water partition coefficient (Wildman–Crippen LogP) is 0.750. The van der Waals surface area contributed by atoms with E-state index in [0.29, 0.717) is 17.8 Å². The molecule has 108 valence electrons. The fraction of sp³-hybridized carbons (Fsp3) is 0.500. The molecule has 0 aromatic heterocycles. The molecule has 1 aromatic rings. The highest BCUT2D eigenvalue weighted by Gasteiger charge is 2.19. The first-order valence-electron chi connectivity index (χ1n) is 5.94. The van der Waals surface area contributed by atoms with Gasteiger partial charge in [0.1, 0.15) is 0 Å². The van der Waals surface area contributed by atoms with Gasteiger partial charge >= 0.3 is 0 Å². The monoisotopic (exact) mass is 287 g/mol. The lowest BCUT2D eigenvalue weighted by Gasteiger charge is -2.27. The van der Waals surface area contributed by atoms with Gasteiger partial charge in [-0.25, -0.2) is 13.1 Å². The maximum atomic E-state index is 11.6. The van der Waals surface area contributed by atoms with Crippen LogP contribution in [0.15, 0.2) is 23.1 Å². The lowest BCUT2D eigenvalue weighted by Crippen LogP contribution is -2.32. The molecule has 0 atom stereocenters. The molecule has 0 unspecified atom stereocenters. The summed E-state index contributed by atoms with van der Waals surface area (Å²) in [5.74, 6) is 0. The van der Waals surface area contributed by atoms with Crippen LogP contribution in [-0.2, 0) is 10.0 Å². The van der Waals surface area contributed by atoms with E-state index in [1.165, 1.54) is 19.2 Å². The van der Waals surface area contributed by atoms with E-state index in [0.717, 1.165) is 0 Å². The molecule has 0 aliphatic rings. The maximum Gasteiger partial charge on any atom is 0.240 e. The van der Waals surface area contributed by atoms with E-state index >= 15 is 0 Å². The molecule has 0 amide bonds. The van der Waals surface area contributed by atoms with Crippen molar-refractivity contribution in [2.45, 2.75) is 30.7 Å². The summed E-state index contributed by atoms with van der Waals surface area (Å²) in [4.78, 5) is 0.123. The van der Waals surface area contributed by atoms with Crippen LogP contribution < -0.4 is 15.8 Å². The first kappa shape index (κ1) is 15.7. The number of hydrogen-bond donors (Lipinski definition) is 4. The normalized spacial score (nSPS) is 12.4. The average molecular weight is 287 g/mol. The summed E-state index contributed by atoms with van der Waals surface area (Å²) in [6.07, 6.45) is 0.559. The second-order valence-corrected chi connectivity index (χ2v) is 6.83. The van der Waals surface area contributed by atoms with Gasteiger partial charge in [0.05, 0.1) is 16.3 Å². The quantitative estimate of drug-likeness (QED) is 0.578.